The van der Waals surface area contributed by atoms with Crippen LogP contribution in [0, 0.1) is 13.8 Å². The number of carbonyl (C=O) groups is 2. The molecule has 2 amide bonds. The number of hydrogen-bond acceptors (Lipinski definition) is 3. The fourth-order valence-corrected chi connectivity index (χ4v) is 2.88. The molecule has 0 bridgehead atoms. The third-order valence-electron chi connectivity index (χ3n) is 4.49. The third kappa shape index (κ3) is 7.26. The molecule has 0 heterocycles. The molecular weight excluding hydrogens is 364 g/mol. The highest BCUT2D eigenvalue weighted by molar-refractivity contribution is 5.88. The number of ether oxygens (including phenoxy) is 1. The average Bonchev–Trinajstić information content (AvgIpc) is 2.64. The molecule has 0 saturated heterocycles. The Balaban J connectivity index is 2.16. The summed E-state index contributed by atoms with van der Waals surface area (Å²) in [6.45, 7) is 11.7. The number of rotatable bonds is 7. The summed E-state index contributed by atoms with van der Waals surface area (Å²) in [6, 6.07) is 14.9. The summed E-state index contributed by atoms with van der Waals surface area (Å²) in [5, 5.41) is 2.96. The van der Waals surface area contributed by atoms with Gasteiger partial charge in [-0.15, -0.1) is 0 Å². The van der Waals surface area contributed by atoms with Gasteiger partial charge in [-0.3, -0.25) is 9.59 Å². The average molecular weight is 397 g/mol. The van der Waals surface area contributed by atoms with Gasteiger partial charge in [-0.05, 0) is 64.8 Å². The van der Waals surface area contributed by atoms with Gasteiger partial charge in [-0.25, -0.2) is 0 Å². The molecule has 2 rings (SSSR count). The van der Waals surface area contributed by atoms with Crippen molar-refractivity contribution < 1.29 is 14.3 Å². The first-order valence-corrected chi connectivity index (χ1v) is 9.91. The van der Waals surface area contributed by atoms with Crippen LogP contribution in [0.1, 0.15) is 44.4 Å². The lowest BCUT2D eigenvalue weighted by molar-refractivity contribution is -0.142. The van der Waals surface area contributed by atoms with E-state index in [1.54, 1.807) is 11.8 Å². The van der Waals surface area contributed by atoms with Crippen molar-refractivity contribution in [2.75, 3.05) is 6.61 Å². The molecule has 0 fully saturated rings. The van der Waals surface area contributed by atoms with Crippen LogP contribution in [0.2, 0.25) is 0 Å². The van der Waals surface area contributed by atoms with Gasteiger partial charge in [0.2, 0.25) is 5.91 Å². The lowest BCUT2D eigenvalue weighted by Gasteiger charge is -2.31. The van der Waals surface area contributed by atoms with Crippen molar-refractivity contribution in [1.82, 2.24) is 10.2 Å². The van der Waals surface area contributed by atoms with Gasteiger partial charge in [0.15, 0.2) is 6.61 Å². The highest BCUT2D eigenvalue weighted by Crippen LogP contribution is 2.15. The van der Waals surface area contributed by atoms with Crippen molar-refractivity contribution in [2.45, 2.75) is 59.7 Å². The van der Waals surface area contributed by atoms with Gasteiger partial charge in [0.1, 0.15) is 11.8 Å². The van der Waals surface area contributed by atoms with Crippen LogP contribution in [0.5, 0.6) is 5.75 Å². The molecule has 0 aliphatic carbocycles. The van der Waals surface area contributed by atoms with E-state index in [9.17, 15) is 9.59 Å². The molecule has 29 heavy (non-hydrogen) atoms. The van der Waals surface area contributed by atoms with Crippen molar-refractivity contribution in [3.8, 4) is 5.75 Å². The Hall–Kier alpha value is -2.82. The zero-order valence-corrected chi connectivity index (χ0v) is 18.3. The smallest absolute Gasteiger partial charge is 0.261 e. The molecule has 5 nitrogen and oxygen atoms in total. The monoisotopic (exact) mass is 396 g/mol. The number of carbonyl (C=O) groups excluding carboxylic acids is 2. The van der Waals surface area contributed by atoms with Crippen molar-refractivity contribution in [1.29, 1.82) is 0 Å². The van der Waals surface area contributed by atoms with Crippen LogP contribution in [-0.2, 0) is 16.1 Å². The molecular formula is C24H32N2O3. The van der Waals surface area contributed by atoms with Crippen molar-refractivity contribution in [2.24, 2.45) is 0 Å². The molecule has 0 aliphatic heterocycles. The van der Waals surface area contributed by atoms with Crippen molar-refractivity contribution in [3.05, 3.63) is 65.2 Å². The third-order valence-corrected chi connectivity index (χ3v) is 4.49. The molecule has 2 aromatic rings. The number of aryl methyl sites for hydroxylation is 2. The zero-order valence-electron chi connectivity index (χ0n) is 18.3. The molecule has 1 unspecified atom stereocenters. The van der Waals surface area contributed by atoms with Crippen molar-refractivity contribution >= 4 is 11.8 Å². The summed E-state index contributed by atoms with van der Waals surface area (Å²) in [6.07, 6.45) is 0. The maximum absolute atomic E-state index is 13.0. The minimum absolute atomic E-state index is 0.123. The van der Waals surface area contributed by atoms with Gasteiger partial charge in [0, 0.05) is 12.1 Å². The molecule has 5 heteroatoms. The molecule has 2 aromatic carbocycles. The lowest BCUT2D eigenvalue weighted by atomic mass is 10.1. The first kappa shape index (κ1) is 22.5. The Morgan fingerprint density at radius 1 is 1.03 bits per heavy atom. The number of nitrogens with zero attached hydrogens (tertiary/aromatic N) is 1. The van der Waals surface area contributed by atoms with Crippen LogP contribution in [0.15, 0.2) is 48.5 Å². The summed E-state index contributed by atoms with van der Waals surface area (Å²) < 4.78 is 5.69. The van der Waals surface area contributed by atoms with Gasteiger partial charge in [-0.1, -0.05) is 42.0 Å². The SMILES string of the molecule is Cc1ccc(CN(C(=O)COc2cccc(C)c2)C(C)C(=O)NC(C)(C)C)cc1. The Morgan fingerprint density at radius 3 is 2.28 bits per heavy atom. The molecule has 0 aliphatic rings. The Bertz CT molecular complexity index is 838. The first-order valence-electron chi connectivity index (χ1n) is 9.91. The predicted molar refractivity (Wildman–Crippen MR) is 116 cm³/mol. The van der Waals surface area contributed by atoms with Crippen LogP contribution < -0.4 is 10.1 Å². The normalized spacial score (nSPS) is 12.2. The quantitative estimate of drug-likeness (QED) is 0.769. The van der Waals surface area contributed by atoms with Gasteiger partial charge >= 0.3 is 0 Å². The van der Waals surface area contributed by atoms with E-state index < -0.39 is 6.04 Å². The first-order chi connectivity index (χ1) is 13.5. The summed E-state index contributed by atoms with van der Waals surface area (Å²) in [4.78, 5) is 27.3. The van der Waals surface area contributed by atoms with Crippen LogP contribution in [0.4, 0.5) is 0 Å². The summed E-state index contributed by atoms with van der Waals surface area (Å²) >= 11 is 0. The predicted octanol–water partition coefficient (Wildman–Crippen LogP) is 4.01. The Kier molecular flexibility index (Phi) is 7.43. The molecule has 0 spiro atoms. The lowest BCUT2D eigenvalue weighted by Crippen LogP contribution is -2.53. The van der Waals surface area contributed by atoms with E-state index >= 15 is 0 Å². The summed E-state index contributed by atoms with van der Waals surface area (Å²) in [5.74, 6) is 0.220. The van der Waals surface area contributed by atoms with E-state index in [0.29, 0.717) is 12.3 Å². The molecule has 1 atom stereocenters. The standard InChI is InChI=1S/C24H32N2O3/c1-17-10-12-20(13-11-17)15-26(19(3)23(28)25-24(4,5)6)22(27)16-29-21-9-7-8-18(2)14-21/h7-14,19H,15-16H2,1-6H3,(H,25,28). The van der Waals surface area contributed by atoms with E-state index in [4.69, 9.17) is 4.74 Å². The summed E-state index contributed by atoms with van der Waals surface area (Å²) in [7, 11) is 0. The van der Waals surface area contributed by atoms with Gasteiger partial charge < -0.3 is 15.0 Å². The molecule has 0 saturated carbocycles. The van der Waals surface area contributed by atoms with Crippen LogP contribution in [0.25, 0.3) is 0 Å². The maximum atomic E-state index is 13.0. The van der Waals surface area contributed by atoms with Crippen LogP contribution >= 0.6 is 0 Å². The van der Waals surface area contributed by atoms with Crippen LogP contribution in [-0.4, -0.2) is 34.9 Å². The molecule has 0 aromatic heterocycles. The fraction of sp³-hybridized carbons (Fsp3) is 0.417. The van der Waals surface area contributed by atoms with Crippen molar-refractivity contribution in [3.63, 3.8) is 0 Å². The number of hydrogen-bond donors (Lipinski definition) is 1. The second kappa shape index (κ2) is 9.59. The van der Waals surface area contributed by atoms with E-state index in [1.807, 2.05) is 83.1 Å². The largest absolute Gasteiger partial charge is 0.484 e. The van der Waals surface area contributed by atoms with Gasteiger partial charge in [-0.2, -0.15) is 0 Å². The van der Waals surface area contributed by atoms with E-state index in [0.717, 1.165) is 16.7 Å². The number of nitrogens with one attached hydrogen (secondary N) is 1. The number of benzene rings is 2. The topological polar surface area (TPSA) is 58.6 Å². The van der Waals surface area contributed by atoms with Gasteiger partial charge in [0.25, 0.3) is 5.91 Å². The molecule has 0 radical (unpaired) electrons. The molecule has 1 N–H and O–H groups in total. The highest BCUT2D eigenvalue weighted by atomic mass is 16.5. The second-order valence-electron chi connectivity index (χ2n) is 8.53. The minimum atomic E-state index is -0.621. The van der Waals surface area contributed by atoms with Crippen LogP contribution in [0.3, 0.4) is 0 Å². The second-order valence-corrected chi connectivity index (χ2v) is 8.53. The number of amides is 2. The van der Waals surface area contributed by atoms with E-state index in [1.165, 1.54) is 0 Å². The Labute approximate surface area is 174 Å². The maximum Gasteiger partial charge on any atom is 0.261 e. The Morgan fingerprint density at radius 2 is 1.69 bits per heavy atom. The highest BCUT2D eigenvalue weighted by Gasteiger charge is 2.28. The minimum Gasteiger partial charge on any atom is -0.484 e. The molecule has 156 valence electrons. The zero-order chi connectivity index (χ0) is 21.6. The van der Waals surface area contributed by atoms with E-state index in [2.05, 4.69) is 5.32 Å². The van der Waals surface area contributed by atoms with E-state index in [-0.39, 0.29) is 24.0 Å². The fourth-order valence-electron chi connectivity index (χ4n) is 2.88. The summed E-state index contributed by atoms with van der Waals surface area (Å²) in [5.41, 5.74) is 2.80. The van der Waals surface area contributed by atoms with Gasteiger partial charge in [0.05, 0.1) is 0 Å².